The molecule has 0 aromatic heterocycles. The Bertz CT molecular complexity index is 493. The van der Waals surface area contributed by atoms with Crippen LogP contribution in [0.4, 0.5) is 13.2 Å². The van der Waals surface area contributed by atoms with E-state index in [0.29, 0.717) is 12.8 Å². The molecule has 1 aliphatic carbocycles. The van der Waals surface area contributed by atoms with E-state index < -0.39 is 23.6 Å². The minimum Gasteiger partial charge on any atom is -0.406 e. The lowest BCUT2D eigenvalue weighted by Crippen LogP contribution is -2.39. The van der Waals surface area contributed by atoms with E-state index in [1.54, 1.807) is 6.29 Å². The van der Waals surface area contributed by atoms with Gasteiger partial charge < -0.3 is 9.84 Å². The van der Waals surface area contributed by atoms with Gasteiger partial charge in [0.2, 0.25) is 6.29 Å². The number of rotatable bonds is 4. The molecule has 0 bridgehead atoms. The van der Waals surface area contributed by atoms with Crippen molar-refractivity contribution in [3.05, 3.63) is 29.8 Å². The molecule has 0 amide bonds. The van der Waals surface area contributed by atoms with E-state index in [1.165, 1.54) is 12.1 Å². The lowest BCUT2D eigenvalue weighted by Gasteiger charge is -2.36. The smallest absolute Gasteiger partial charge is 0.406 e. The first-order valence-corrected chi connectivity index (χ1v) is 6.80. The van der Waals surface area contributed by atoms with Crippen LogP contribution in [0.1, 0.15) is 43.6 Å². The number of alkyl halides is 3. The van der Waals surface area contributed by atoms with Crippen molar-refractivity contribution in [2.45, 2.75) is 50.0 Å². The minimum absolute atomic E-state index is 0.288. The van der Waals surface area contributed by atoms with Gasteiger partial charge in [-0.05, 0) is 30.5 Å². The van der Waals surface area contributed by atoms with Crippen LogP contribution in [0.15, 0.2) is 24.3 Å². The van der Waals surface area contributed by atoms with E-state index in [2.05, 4.69) is 4.74 Å². The lowest BCUT2D eigenvalue weighted by molar-refractivity contribution is -0.274. The van der Waals surface area contributed by atoms with Crippen LogP contribution in [0.5, 0.6) is 5.75 Å². The maximum Gasteiger partial charge on any atom is 0.573 e. The third kappa shape index (κ3) is 3.97. The summed E-state index contributed by atoms with van der Waals surface area (Å²) in [7, 11) is 0. The fraction of sp³-hybridized carbons (Fsp3) is 0.533. The molecular formula is C15H16F3O3. The highest BCUT2D eigenvalue weighted by molar-refractivity contribution is 5.65. The summed E-state index contributed by atoms with van der Waals surface area (Å²) < 4.78 is 40.6. The molecule has 3 nitrogen and oxygen atoms in total. The third-order valence-electron chi connectivity index (χ3n) is 3.80. The topological polar surface area (TPSA) is 46.5 Å². The van der Waals surface area contributed by atoms with Crippen LogP contribution in [0.2, 0.25) is 0 Å². The van der Waals surface area contributed by atoms with Crippen LogP contribution in [0, 0.1) is 0 Å². The van der Waals surface area contributed by atoms with Crippen LogP contribution >= 0.6 is 0 Å². The molecule has 115 valence electrons. The van der Waals surface area contributed by atoms with E-state index in [9.17, 15) is 23.1 Å². The third-order valence-corrected chi connectivity index (χ3v) is 3.80. The average Bonchev–Trinajstić information content (AvgIpc) is 2.38. The first-order valence-electron chi connectivity index (χ1n) is 6.80. The fourth-order valence-electron chi connectivity index (χ4n) is 2.83. The van der Waals surface area contributed by atoms with Crippen LogP contribution in [0.25, 0.3) is 0 Å². The molecule has 0 heterocycles. The van der Waals surface area contributed by atoms with Crippen LogP contribution in [-0.2, 0) is 4.79 Å². The largest absolute Gasteiger partial charge is 0.573 e. The van der Waals surface area contributed by atoms with Crippen molar-refractivity contribution >= 4 is 6.29 Å². The van der Waals surface area contributed by atoms with Crippen LogP contribution in [0.3, 0.4) is 0 Å². The number of hydrogen-bond donors (Lipinski definition) is 1. The van der Waals surface area contributed by atoms with Gasteiger partial charge in [0.05, 0.1) is 11.5 Å². The average molecular weight is 301 g/mol. The van der Waals surface area contributed by atoms with Gasteiger partial charge in [-0.3, -0.25) is 4.79 Å². The van der Waals surface area contributed by atoms with Crippen molar-refractivity contribution in [3.8, 4) is 5.75 Å². The molecule has 0 aliphatic heterocycles. The van der Waals surface area contributed by atoms with Crippen LogP contribution in [-0.4, -0.2) is 23.4 Å². The van der Waals surface area contributed by atoms with Gasteiger partial charge in [0, 0.05) is 0 Å². The Morgan fingerprint density at radius 2 is 1.90 bits per heavy atom. The molecule has 6 heteroatoms. The molecular weight excluding hydrogens is 285 g/mol. The monoisotopic (exact) mass is 301 g/mol. The Balaban J connectivity index is 2.26. The minimum atomic E-state index is -4.79. The SMILES string of the molecule is O=[C][C@@H](c1cccc(OC(F)(F)F)c1)C1(O)CCCCC1. The summed E-state index contributed by atoms with van der Waals surface area (Å²) in [5, 5.41) is 10.6. The van der Waals surface area contributed by atoms with Crippen LogP contribution < -0.4 is 4.74 Å². The van der Waals surface area contributed by atoms with Crippen molar-refractivity contribution in [2.75, 3.05) is 0 Å². The van der Waals surface area contributed by atoms with Gasteiger partial charge in [-0.1, -0.05) is 31.4 Å². The first kappa shape index (κ1) is 15.8. The summed E-state index contributed by atoms with van der Waals surface area (Å²) in [4.78, 5) is 11.3. The first-order chi connectivity index (χ1) is 9.84. The zero-order valence-electron chi connectivity index (χ0n) is 11.3. The van der Waals surface area contributed by atoms with Gasteiger partial charge in [-0.15, -0.1) is 13.2 Å². The molecule has 1 aliphatic rings. The second kappa shape index (κ2) is 6.05. The second-order valence-corrected chi connectivity index (χ2v) is 5.34. The maximum absolute atomic E-state index is 12.2. The normalized spacial score (nSPS) is 19.8. The van der Waals surface area contributed by atoms with Gasteiger partial charge in [-0.2, -0.15) is 0 Å². The summed E-state index contributed by atoms with van der Waals surface area (Å²) in [6.07, 6.45) is 0.422. The molecule has 1 saturated carbocycles. The van der Waals surface area contributed by atoms with Crippen molar-refractivity contribution in [1.29, 1.82) is 0 Å². The molecule has 2 rings (SSSR count). The summed E-state index contributed by atoms with van der Waals surface area (Å²) in [6.45, 7) is 0. The Labute approximate surface area is 120 Å². The Morgan fingerprint density at radius 3 is 2.48 bits per heavy atom. The van der Waals surface area contributed by atoms with Crippen molar-refractivity contribution < 1.29 is 27.8 Å². The highest BCUT2D eigenvalue weighted by atomic mass is 19.4. The fourth-order valence-corrected chi connectivity index (χ4v) is 2.83. The summed E-state index contributed by atoms with van der Waals surface area (Å²) in [5.74, 6) is -1.37. The number of ether oxygens (including phenoxy) is 1. The molecule has 1 radical (unpaired) electrons. The molecule has 0 unspecified atom stereocenters. The van der Waals surface area contributed by atoms with E-state index in [1.807, 2.05) is 0 Å². The zero-order valence-corrected chi connectivity index (χ0v) is 11.3. The van der Waals surface area contributed by atoms with E-state index >= 15 is 0 Å². The van der Waals surface area contributed by atoms with Gasteiger partial charge in [0.25, 0.3) is 0 Å². The highest BCUT2D eigenvalue weighted by Crippen LogP contribution is 2.39. The number of benzene rings is 1. The molecule has 21 heavy (non-hydrogen) atoms. The molecule has 0 saturated heterocycles. The maximum atomic E-state index is 12.2. The molecule has 1 aromatic carbocycles. The summed E-state index contributed by atoms with van der Waals surface area (Å²) in [5.41, 5.74) is -0.951. The number of carbonyl (C=O) groups excluding carboxylic acids is 1. The van der Waals surface area contributed by atoms with E-state index in [-0.39, 0.29) is 5.56 Å². The van der Waals surface area contributed by atoms with E-state index in [0.717, 1.165) is 31.4 Å². The zero-order chi connectivity index (χ0) is 15.5. The highest BCUT2D eigenvalue weighted by Gasteiger charge is 2.39. The predicted molar refractivity (Wildman–Crippen MR) is 69.6 cm³/mol. The molecule has 0 spiro atoms. The second-order valence-electron chi connectivity index (χ2n) is 5.34. The number of aliphatic hydroxyl groups is 1. The number of hydrogen-bond acceptors (Lipinski definition) is 3. The Hall–Kier alpha value is -1.56. The Kier molecular flexibility index (Phi) is 4.56. The standard InChI is InChI=1S/C15H16F3O3/c16-15(17,18)21-12-6-4-5-11(9-12)13(10-19)14(20)7-2-1-3-8-14/h4-6,9,13,20H,1-3,7-8H2/t13-/m0/s1. The molecule has 1 atom stereocenters. The lowest BCUT2D eigenvalue weighted by atomic mass is 9.73. The predicted octanol–water partition coefficient (Wildman–Crippen LogP) is 3.47. The van der Waals surface area contributed by atoms with Gasteiger partial charge >= 0.3 is 6.36 Å². The van der Waals surface area contributed by atoms with Gasteiger partial charge in [0.15, 0.2) is 0 Å². The van der Waals surface area contributed by atoms with Gasteiger partial charge in [0.1, 0.15) is 5.75 Å². The molecule has 1 N–H and O–H groups in total. The number of halogens is 3. The summed E-state index contributed by atoms with van der Waals surface area (Å²) in [6, 6.07) is 5.16. The summed E-state index contributed by atoms with van der Waals surface area (Å²) >= 11 is 0. The van der Waals surface area contributed by atoms with E-state index in [4.69, 9.17) is 0 Å². The van der Waals surface area contributed by atoms with Crippen molar-refractivity contribution in [1.82, 2.24) is 0 Å². The van der Waals surface area contributed by atoms with Gasteiger partial charge in [-0.25, -0.2) is 0 Å². The molecule has 1 fully saturated rings. The van der Waals surface area contributed by atoms with Crippen molar-refractivity contribution in [2.24, 2.45) is 0 Å². The van der Waals surface area contributed by atoms with Crippen molar-refractivity contribution in [3.63, 3.8) is 0 Å². The molecule has 1 aromatic rings. The Morgan fingerprint density at radius 1 is 1.24 bits per heavy atom. The quantitative estimate of drug-likeness (QED) is 0.926.